The van der Waals surface area contributed by atoms with E-state index in [0.29, 0.717) is 21.6 Å². The monoisotopic (exact) mass is 473 g/mol. The van der Waals surface area contributed by atoms with Crippen molar-refractivity contribution in [3.8, 4) is 11.4 Å². The Balaban J connectivity index is 1.39. The van der Waals surface area contributed by atoms with Crippen molar-refractivity contribution in [1.82, 2.24) is 24.6 Å². The molecule has 0 bridgehead atoms. The van der Waals surface area contributed by atoms with E-state index in [9.17, 15) is 9.90 Å². The van der Waals surface area contributed by atoms with Crippen LogP contribution in [-0.2, 0) is 13.1 Å². The number of benzene rings is 1. The molecule has 166 valence electrons. The third kappa shape index (κ3) is 4.12. The summed E-state index contributed by atoms with van der Waals surface area (Å²) in [6.45, 7) is 0.428. The zero-order valence-electron chi connectivity index (χ0n) is 17.1. The first-order chi connectivity index (χ1) is 15.5. The summed E-state index contributed by atoms with van der Waals surface area (Å²) in [4.78, 5) is 17.1. The zero-order chi connectivity index (χ0) is 22.2. The molecule has 0 saturated heterocycles. The Hall–Kier alpha value is -2.84. The molecule has 1 aromatic carbocycles. The minimum absolute atomic E-state index is 0.0895. The van der Waals surface area contributed by atoms with Crippen LogP contribution in [0.15, 0.2) is 36.7 Å². The van der Waals surface area contributed by atoms with Crippen LogP contribution < -0.4 is 4.74 Å². The normalized spacial score (nSPS) is 20.2. The van der Waals surface area contributed by atoms with Gasteiger partial charge in [0, 0.05) is 23.2 Å². The predicted molar refractivity (Wildman–Crippen MR) is 119 cm³/mol. The highest BCUT2D eigenvalue weighted by atomic mass is 35.5. The van der Waals surface area contributed by atoms with E-state index in [4.69, 9.17) is 27.9 Å². The number of fused-ring (bicyclic) bond motifs is 3. The lowest BCUT2D eigenvalue weighted by Crippen LogP contribution is -2.28. The molecule has 1 aliphatic heterocycles. The summed E-state index contributed by atoms with van der Waals surface area (Å²) < 4.78 is 8.08. The van der Waals surface area contributed by atoms with Gasteiger partial charge in [-0.15, -0.1) is 10.2 Å². The molecule has 1 N–H and O–H groups in total. The molecule has 3 aromatic rings. The van der Waals surface area contributed by atoms with Gasteiger partial charge in [0.1, 0.15) is 11.6 Å². The number of pyridine rings is 1. The van der Waals surface area contributed by atoms with Gasteiger partial charge in [-0.3, -0.25) is 14.5 Å². The maximum Gasteiger partial charge on any atom is 0.408 e. The minimum atomic E-state index is -0.998. The molecule has 1 aliphatic carbocycles. The maximum absolute atomic E-state index is 11.7. The molecule has 0 unspecified atom stereocenters. The van der Waals surface area contributed by atoms with Crippen LogP contribution in [0.25, 0.3) is 5.69 Å². The van der Waals surface area contributed by atoms with Crippen molar-refractivity contribution < 1.29 is 14.6 Å². The Morgan fingerprint density at radius 3 is 2.59 bits per heavy atom. The summed E-state index contributed by atoms with van der Waals surface area (Å²) in [6.07, 6.45) is 5.87. The van der Waals surface area contributed by atoms with Crippen LogP contribution in [0.1, 0.15) is 48.8 Å². The molecule has 1 amide bonds. The second kappa shape index (κ2) is 8.60. The Morgan fingerprint density at radius 2 is 1.84 bits per heavy atom. The molecule has 10 heteroatoms. The van der Waals surface area contributed by atoms with Gasteiger partial charge in [0.25, 0.3) is 0 Å². The number of amides is 1. The molecule has 5 rings (SSSR count). The Labute approximate surface area is 194 Å². The summed E-state index contributed by atoms with van der Waals surface area (Å²) >= 11 is 12.2. The van der Waals surface area contributed by atoms with Crippen LogP contribution in [-0.4, -0.2) is 42.0 Å². The van der Waals surface area contributed by atoms with Crippen molar-refractivity contribution in [3.63, 3.8) is 0 Å². The van der Waals surface area contributed by atoms with Crippen LogP contribution in [0, 0.1) is 0 Å². The fraction of sp³-hybridized carbons (Fsp3) is 0.364. The standard InChI is InChI=1S/C22H21Cl2N5O3/c23-15-3-6-19-14(7-15)11-28(22(30)31)12-20-26-27-21(29(19)20)13-1-4-17(5-2-13)32-18-8-16(24)9-25-10-18/h3,6-10,13,17H,1-2,4-5,11-12H2,(H,30,31). The second-order valence-corrected chi connectivity index (χ2v) is 9.02. The lowest BCUT2D eigenvalue weighted by Gasteiger charge is -2.29. The number of hydrogen-bond acceptors (Lipinski definition) is 5. The molecule has 0 radical (unpaired) electrons. The molecule has 8 nitrogen and oxygen atoms in total. The summed E-state index contributed by atoms with van der Waals surface area (Å²) in [5, 5.41) is 19.6. The first-order valence-electron chi connectivity index (χ1n) is 10.5. The molecule has 1 fully saturated rings. The van der Waals surface area contributed by atoms with Gasteiger partial charge < -0.3 is 9.84 Å². The SMILES string of the molecule is O=C(O)N1Cc2cc(Cl)ccc2-n2c(nnc2C2CCC(Oc3cncc(Cl)c3)CC2)C1. The van der Waals surface area contributed by atoms with E-state index in [1.54, 1.807) is 18.5 Å². The van der Waals surface area contributed by atoms with E-state index >= 15 is 0 Å². The van der Waals surface area contributed by atoms with Crippen molar-refractivity contribution in [2.75, 3.05) is 0 Å². The molecule has 2 aromatic heterocycles. The van der Waals surface area contributed by atoms with Gasteiger partial charge in [-0.2, -0.15) is 0 Å². The lowest BCUT2D eigenvalue weighted by atomic mass is 9.86. The predicted octanol–water partition coefficient (Wildman–Crippen LogP) is 5.07. The summed E-state index contributed by atoms with van der Waals surface area (Å²) in [7, 11) is 0. The van der Waals surface area contributed by atoms with E-state index in [-0.39, 0.29) is 25.1 Å². The first kappa shape index (κ1) is 21.0. The highest BCUT2D eigenvalue weighted by molar-refractivity contribution is 6.30. The van der Waals surface area contributed by atoms with E-state index < -0.39 is 6.09 Å². The zero-order valence-corrected chi connectivity index (χ0v) is 18.6. The van der Waals surface area contributed by atoms with E-state index in [0.717, 1.165) is 42.8 Å². The van der Waals surface area contributed by atoms with Crippen molar-refractivity contribution >= 4 is 29.3 Å². The second-order valence-electron chi connectivity index (χ2n) is 8.15. The topological polar surface area (TPSA) is 93.4 Å². The van der Waals surface area contributed by atoms with Gasteiger partial charge in [0.15, 0.2) is 5.82 Å². The van der Waals surface area contributed by atoms with Gasteiger partial charge >= 0.3 is 6.09 Å². The molecule has 32 heavy (non-hydrogen) atoms. The van der Waals surface area contributed by atoms with Crippen LogP contribution in [0.4, 0.5) is 4.79 Å². The molecular formula is C22H21Cl2N5O3. The van der Waals surface area contributed by atoms with Crippen LogP contribution in [0.2, 0.25) is 10.0 Å². The molecular weight excluding hydrogens is 453 g/mol. The number of aromatic nitrogens is 4. The fourth-order valence-corrected chi connectivity index (χ4v) is 4.87. The molecule has 0 atom stereocenters. The molecule has 2 aliphatic rings. The van der Waals surface area contributed by atoms with Crippen LogP contribution >= 0.6 is 23.2 Å². The number of rotatable bonds is 3. The van der Waals surface area contributed by atoms with Crippen LogP contribution in [0.5, 0.6) is 5.75 Å². The highest BCUT2D eigenvalue weighted by Gasteiger charge is 2.32. The third-order valence-electron chi connectivity index (χ3n) is 6.02. The van der Waals surface area contributed by atoms with Crippen molar-refractivity contribution in [2.24, 2.45) is 0 Å². The smallest absolute Gasteiger partial charge is 0.408 e. The number of halogens is 2. The quantitative estimate of drug-likeness (QED) is 0.570. The van der Waals surface area contributed by atoms with Gasteiger partial charge in [-0.1, -0.05) is 23.2 Å². The highest BCUT2D eigenvalue weighted by Crippen LogP contribution is 2.37. The number of nitrogens with zero attached hydrogens (tertiary/aromatic N) is 5. The maximum atomic E-state index is 11.7. The molecule has 3 heterocycles. The Bertz CT molecular complexity index is 1160. The van der Waals surface area contributed by atoms with Crippen molar-refractivity contribution in [3.05, 3.63) is 63.9 Å². The van der Waals surface area contributed by atoms with Gasteiger partial charge in [-0.05, 0) is 49.4 Å². The lowest BCUT2D eigenvalue weighted by molar-refractivity contribution is 0.138. The number of carboxylic acid groups (broad SMARTS) is 1. The number of ether oxygens (including phenoxy) is 1. The minimum Gasteiger partial charge on any atom is -0.489 e. The fourth-order valence-electron chi connectivity index (χ4n) is 4.51. The average molecular weight is 474 g/mol. The van der Waals surface area contributed by atoms with Crippen molar-refractivity contribution in [1.29, 1.82) is 0 Å². The Kier molecular flexibility index (Phi) is 5.65. The van der Waals surface area contributed by atoms with E-state index in [1.807, 2.05) is 22.8 Å². The molecule has 1 saturated carbocycles. The number of carbonyl (C=O) groups is 1. The largest absolute Gasteiger partial charge is 0.489 e. The van der Waals surface area contributed by atoms with Crippen molar-refractivity contribution in [2.45, 2.75) is 50.8 Å². The average Bonchev–Trinajstić information content (AvgIpc) is 3.10. The van der Waals surface area contributed by atoms with Gasteiger partial charge in [0.05, 0.1) is 36.1 Å². The van der Waals surface area contributed by atoms with Crippen LogP contribution in [0.3, 0.4) is 0 Å². The number of hydrogen-bond donors (Lipinski definition) is 1. The Morgan fingerprint density at radius 1 is 1.03 bits per heavy atom. The van der Waals surface area contributed by atoms with Gasteiger partial charge in [0.2, 0.25) is 0 Å². The molecule has 0 spiro atoms. The summed E-state index contributed by atoms with van der Waals surface area (Å²) in [6, 6.07) is 7.32. The summed E-state index contributed by atoms with van der Waals surface area (Å²) in [5.41, 5.74) is 1.72. The third-order valence-corrected chi connectivity index (χ3v) is 6.47. The first-order valence-corrected chi connectivity index (χ1v) is 11.2. The van der Waals surface area contributed by atoms with E-state index in [1.165, 1.54) is 4.90 Å². The summed E-state index contributed by atoms with van der Waals surface area (Å²) in [5.74, 6) is 2.36. The van der Waals surface area contributed by atoms with E-state index in [2.05, 4.69) is 15.2 Å². The van der Waals surface area contributed by atoms with Gasteiger partial charge in [-0.25, -0.2) is 4.79 Å².